The third-order valence-corrected chi connectivity index (χ3v) is 6.19. The van der Waals surface area contributed by atoms with Gasteiger partial charge in [-0.15, -0.1) is 0 Å². The largest absolute Gasteiger partial charge is 1.00 e. The van der Waals surface area contributed by atoms with Crippen molar-refractivity contribution in [3.05, 3.63) is 0 Å². The summed E-state index contributed by atoms with van der Waals surface area (Å²) in [5, 5.41) is 21.1. The van der Waals surface area contributed by atoms with Gasteiger partial charge in [0.25, 0.3) is 10.1 Å². The molecule has 0 aliphatic rings. The number of aliphatic carboxylic acids is 2. The summed E-state index contributed by atoms with van der Waals surface area (Å²) in [5.74, 6) is -4.36. The quantitative estimate of drug-likeness (QED) is 0.212. The molecule has 0 fully saturated rings. The standard InChI is InChI=1S/C18H34O7S.2Na/c1-5-7-9-13(3)11-18(17(21)22,12-14(4)10-8-6-2)15(16(19)20)26(23,24)25;;/h13-15H,5-12H2,1-4H3,(H,19,20)(H,21,22)(H,23,24,25);;/q;2*+1/p-2. The van der Waals surface area contributed by atoms with E-state index in [-0.39, 0.29) is 83.8 Å². The topological polar surface area (TPSA) is 135 Å². The molecule has 0 aromatic carbocycles. The van der Waals surface area contributed by atoms with E-state index in [0.717, 1.165) is 25.7 Å². The zero-order valence-electron chi connectivity index (χ0n) is 18.2. The third-order valence-electron chi connectivity index (χ3n) is 4.95. The van der Waals surface area contributed by atoms with Crippen molar-refractivity contribution >= 4 is 22.1 Å². The predicted octanol–water partition coefficient (Wildman–Crippen LogP) is -4.83. The summed E-state index contributed by atoms with van der Waals surface area (Å²) in [6.07, 6.45) is 4.19. The Morgan fingerprint density at radius 1 is 0.929 bits per heavy atom. The molecule has 0 aliphatic heterocycles. The third kappa shape index (κ3) is 10.8. The van der Waals surface area contributed by atoms with Gasteiger partial charge in [-0.05, 0) is 24.7 Å². The van der Waals surface area contributed by atoms with Crippen molar-refractivity contribution in [3.63, 3.8) is 0 Å². The maximum absolute atomic E-state index is 12.1. The van der Waals surface area contributed by atoms with Crippen molar-refractivity contribution in [3.8, 4) is 0 Å². The van der Waals surface area contributed by atoms with Crippen LogP contribution in [0.15, 0.2) is 0 Å². The maximum Gasteiger partial charge on any atom is 1.00 e. The van der Waals surface area contributed by atoms with E-state index in [1.54, 1.807) is 13.8 Å². The molecular weight excluding hydrogens is 406 g/mol. The number of rotatable bonds is 14. The van der Waals surface area contributed by atoms with Gasteiger partial charge in [-0.3, -0.25) is 4.55 Å². The van der Waals surface area contributed by atoms with Crippen LogP contribution in [0, 0.1) is 17.3 Å². The second-order valence-electron chi connectivity index (χ2n) is 7.56. The summed E-state index contributed by atoms with van der Waals surface area (Å²) in [4.78, 5) is 23.6. The van der Waals surface area contributed by atoms with Gasteiger partial charge in [0.15, 0.2) is 0 Å². The molecule has 10 heteroatoms. The number of carboxylic acid groups (broad SMARTS) is 2. The minimum atomic E-state index is -5.18. The van der Waals surface area contributed by atoms with Crippen molar-refractivity contribution in [2.24, 2.45) is 17.3 Å². The average molecular weight is 438 g/mol. The van der Waals surface area contributed by atoms with Crippen molar-refractivity contribution in [2.45, 2.75) is 84.3 Å². The Bertz CT molecular complexity index is 550. The van der Waals surface area contributed by atoms with Gasteiger partial charge in [0, 0.05) is 11.4 Å². The number of unbranched alkanes of at least 4 members (excludes halogenated alkanes) is 2. The fourth-order valence-electron chi connectivity index (χ4n) is 3.76. The van der Waals surface area contributed by atoms with Crippen LogP contribution >= 0.6 is 0 Å². The normalized spacial score (nSPS) is 16.6. The fraction of sp³-hybridized carbons (Fsp3) is 0.889. The van der Waals surface area contributed by atoms with Crippen molar-refractivity contribution < 1.29 is 91.9 Å². The minimum absolute atomic E-state index is 0. The first kappa shape index (κ1) is 33.5. The molecule has 0 aromatic rings. The van der Waals surface area contributed by atoms with Gasteiger partial charge in [-0.25, -0.2) is 0 Å². The van der Waals surface area contributed by atoms with Crippen LogP contribution in [0.2, 0.25) is 0 Å². The molecule has 154 valence electrons. The summed E-state index contributed by atoms with van der Waals surface area (Å²) in [7, 11) is -5.18. The molecule has 0 spiro atoms. The van der Waals surface area contributed by atoms with Crippen LogP contribution in [-0.2, 0) is 19.7 Å². The van der Waals surface area contributed by atoms with E-state index >= 15 is 0 Å². The molecule has 1 N–H and O–H groups in total. The van der Waals surface area contributed by atoms with Crippen LogP contribution in [0.3, 0.4) is 0 Å². The average Bonchev–Trinajstić information content (AvgIpc) is 2.48. The molecule has 0 heterocycles. The summed E-state index contributed by atoms with van der Waals surface area (Å²) < 4.78 is 33.0. The van der Waals surface area contributed by atoms with Crippen LogP contribution in [-0.4, -0.2) is 30.2 Å². The van der Waals surface area contributed by atoms with E-state index < -0.39 is 32.7 Å². The number of carboxylic acids is 2. The Labute approximate surface area is 213 Å². The monoisotopic (exact) mass is 438 g/mol. The van der Waals surface area contributed by atoms with Crippen molar-refractivity contribution in [1.29, 1.82) is 0 Å². The second kappa shape index (κ2) is 15.6. The Hall–Kier alpha value is 0.850. The molecule has 0 rings (SSSR count). The van der Waals surface area contributed by atoms with E-state index in [0.29, 0.717) is 12.8 Å². The molecule has 7 nitrogen and oxygen atoms in total. The molecule has 0 aromatic heterocycles. The fourth-order valence-corrected chi connectivity index (χ4v) is 4.86. The van der Waals surface area contributed by atoms with E-state index in [9.17, 15) is 32.8 Å². The van der Waals surface area contributed by atoms with Crippen molar-refractivity contribution in [1.82, 2.24) is 0 Å². The maximum atomic E-state index is 12.1. The number of carbonyl (C=O) groups is 2. The molecule has 0 bridgehead atoms. The van der Waals surface area contributed by atoms with Crippen LogP contribution in [0.25, 0.3) is 0 Å². The summed E-state index contributed by atoms with van der Waals surface area (Å²) in [5.41, 5.74) is -2.23. The van der Waals surface area contributed by atoms with E-state index in [2.05, 4.69) is 0 Å². The van der Waals surface area contributed by atoms with Gasteiger partial charge < -0.3 is 19.8 Å². The first-order valence-corrected chi connectivity index (χ1v) is 10.8. The van der Waals surface area contributed by atoms with Crippen LogP contribution < -0.4 is 69.3 Å². The van der Waals surface area contributed by atoms with Crippen LogP contribution in [0.4, 0.5) is 0 Å². The molecule has 28 heavy (non-hydrogen) atoms. The smallest absolute Gasteiger partial charge is 0.549 e. The molecule has 3 unspecified atom stereocenters. The zero-order valence-corrected chi connectivity index (χ0v) is 23.0. The molecular formula is C18H32Na2O7S. The Balaban J connectivity index is -0.00000312. The first-order chi connectivity index (χ1) is 11.9. The van der Waals surface area contributed by atoms with Gasteiger partial charge in [-0.1, -0.05) is 66.2 Å². The number of hydrogen-bond donors (Lipinski definition) is 1. The van der Waals surface area contributed by atoms with Gasteiger partial charge in [0.1, 0.15) is 5.25 Å². The minimum Gasteiger partial charge on any atom is -0.549 e. The molecule has 0 saturated heterocycles. The summed E-state index contributed by atoms with van der Waals surface area (Å²) in [6, 6.07) is 0. The molecule has 0 aliphatic carbocycles. The Kier molecular flexibility index (Phi) is 18.7. The van der Waals surface area contributed by atoms with Gasteiger partial charge in [0.2, 0.25) is 0 Å². The van der Waals surface area contributed by atoms with Crippen LogP contribution in [0.1, 0.15) is 79.1 Å². The zero-order chi connectivity index (χ0) is 20.5. The Morgan fingerprint density at radius 3 is 1.50 bits per heavy atom. The summed E-state index contributed by atoms with van der Waals surface area (Å²) in [6.45, 7) is 7.43. The van der Waals surface area contributed by atoms with Crippen LogP contribution in [0.5, 0.6) is 0 Å². The first-order valence-electron chi connectivity index (χ1n) is 9.30. The van der Waals surface area contributed by atoms with Crippen molar-refractivity contribution in [2.75, 3.05) is 0 Å². The molecule has 0 amide bonds. The Morgan fingerprint density at radius 2 is 1.29 bits per heavy atom. The predicted molar refractivity (Wildman–Crippen MR) is 94.4 cm³/mol. The van der Waals surface area contributed by atoms with Gasteiger partial charge >= 0.3 is 59.1 Å². The molecule has 3 atom stereocenters. The van der Waals surface area contributed by atoms with E-state index in [1.807, 2.05) is 13.8 Å². The van der Waals surface area contributed by atoms with Gasteiger partial charge in [0.05, 0.1) is 5.97 Å². The van der Waals surface area contributed by atoms with E-state index in [1.165, 1.54) is 0 Å². The van der Waals surface area contributed by atoms with Gasteiger partial charge in [-0.2, -0.15) is 8.42 Å². The SMILES string of the molecule is CCCCC(C)CC(CC(C)CCCC)(C(=O)[O-])C(C(=O)[O-])S(=O)(=O)O.[Na+].[Na+]. The molecule has 0 saturated carbocycles. The van der Waals surface area contributed by atoms with E-state index in [4.69, 9.17) is 0 Å². The number of hydrogen-bond acceptors (Lipinski definition) is 6. The molecule has 0 radical (unpaired) electrons. The summed E-state index contributed by atoms with van der Waals surface area (Å²) >= 11 is 0. The number of carbonyl (C=O) groups excluding carboxylic acids is 2. The second-order valence-corrected chi connectivity index (χ2v) is 9.06.